The van der Waals surface area contributed by atoms with Crippen LogP contribution in [0.1, 0.15) is 198 Å². The summed E-state index contributed by atoms with van der Waals surface area (Å²) in [5.41, 5.74) is 12.5. The average Bonchev–Trinajstić information content (AvgIpc) is 3.63. The van der Waals surface area contributed by atoms with Crippen LogP contribution < -0.4 is 5.46 Å². The molecule has 7 nitrogen and oxygen atoms in total. The van der Waals surface area contributed by atoms with Gasteiger partial charge in [-0.1, -0.05) is 184 Å². The molecule has 0 radical (unpaired) electrons. The van der Waals surface area contributed by atoms with Gasteiger partial charge in [-0.3, -0.25) is 4.98 Å². The zero-order valence-electron chi connectivity index (χ0n) is 47.2. The second-order valence-electron chi connectivity index (χ2n) is 21.2. The van der Waals surface area contributed by atoms with Gasteiger partial charge in [0.15, 0.2) is 0 Å². The molecule has 1 fully saturated rings. The molecule has 1 aliphatic heterocycles. The first-order valence-electron chi connectivity index (χ1n) is 27.2. The number of pyridine rings is 1. The highest BCUT2D eigenvalue weighted by Gasteiger charge is 2.51. The van der Waals surface area contributed by atoms with Gasteiger partial charge in [0.05, 0.1) is 28.1 Å². The summed E-state index contributed by atoms with van der Waals surface area (Å²) in [5.74, 6) is 0. The summed E-state index contributed by atoms with van der Waals surface area (Å²) < 4.78 is 12.5. The molecule has 1 saturated heterocycles. The summed E-state index contributed by atoms with van der Waals surface area (Å²) in [6.45, 7) is 32.1. The first-order chi connectivity index (χ1) is 34.6. The van der Waals surface area contributed by atoms with Crippen molar-refractivity contribution in [1.29, 1.82) is 0 Å². The Hall–Kier alpha value is -5.21. The zero-order valence-corrected chi connectivity index (χ0v) is 47.2. The number of nitrogens with zero attached hydrogens (tertiary/aromatic N) is 1. The molecule has 1 aromatic heterocycles. The minimum Gasteiger partial charge on any atom is -0.399 e. The molecule has 0 unspecified atom stereocenters. The van der Waals surface area contributed by atoms with Gasteiger partial charge in [0.25, 0.3) is 0 Å². The molecule has 0 bridgehead atoms. The summed E-state index contributed by atoms with van der Waals surface area (Å²) in [6, 6.07) is 35.8. The Morgan fingerprint density at radius 1 is 0.548 bits per heavy atom. The standard InChI is InChI=1S/C33H43NO.C31H45BO3.CO2/c1-7-12-26-13-20-31(34-24-26)28-15-17-29(18-16-28)33(10-4,11-5)30-19-14-27(25(6)23-30)21-22-32(35,8-2)9-3;1-10-30(33,11-2)21-20-24-14-15-26(22-23(24)5)31(12-3,13-4)25-16-18-27(19-17-25)32-34-28(6,7)29(8,9)35-32;2-1-3/h13-24,35H,7-12H2,1-6H3;14-22,33H,10-13H2,1-9H3;/b22-21+;21-20+;. The van der Waals surface area contributed by atoms with Crippen molar-refractivity contribution in [3.63, 3.8) is 0 Å². The first-order valence-corrected chi connectivity index (χ1v) is 27.2. The van der Waals surface area contributed by atoms with Crippen molar-refractivity contribution in [2.24, 2.45) is 0 Å². The topological polar surface area (TPSA) is 106 Å². The Morgan fingerprint density at radius 2 is 0.932 bits per heavy atom. The van der Waals surface area contributed by atoms with E-state index in [0.717, 1.165) is 73.7 Å². The lowest BCUT2D eigenvalue weighted by atomic mass is 9.69. The molecule has 2 N–H and O–H groups in total. The molecular formula is C65H88BNO6. The molecule has 73 heavy (non-hydrogen) atoms. The van der Waals surface area contributed by atoms with Crippen LogP contribution >= 0.6 is 0 Å². The number of hydrogen-bond acceptors (Lipinski definition) is 7. The fraction of sp³-hybridized carbons (Fsp3) is 0.477. The molecule has 0 spiro atoms. The number of hydrogen-bond donors (Lipinski definition) is 2. The lowest BCUT2D eigenvalue weighted by Gasteiger charge is -2.34. The van der Waals surface area contributed by atoms with Crippen LogP contribution in [0.3, 0.4) is 0 Å². The number of aryl methyl sites for hydroxylation is 3. The van der Waals surface area contributed by atoms with E-state index in [1.807, 2.05) is 46.0 Å². The molecule has 0 atom stereocenters. The Balaban J connectivity index is 0.000000300. The van der Waals surface area contributed by atoms with Crippen molar-refractivity contribution in [1.82, 2.24) is 4.98 Å². The fourth-order valence-corrected chi connectivity index (χ4v) is 10.2. The maximum Gasteiger partial charge on any atom is 0.494 e. The van der Waals surface area contributed by atoms with Crippen LogP contribution in [0.25, 0.3) is 23.4 Å². The number of rotatable bonds is 20. The van der Waals surface area contributed by atoms with E-state index in [1.54, 1.807) is 0 Å². The lowest BCUT2D eigenvalue weighted by Crippen LogP contribution is -2.41. The second-order valence-corrected chi connectivity index (χ2v) is 21.2. The first kappa shape index (κ1) is 60.4. The Kier molecular flexibility index (Phi) is 21.8. The maximum atomic E-state index is 10.6. The summed E-state index contributed by atoms with van der Waals surface area (Å²) in [6.07, 6.45) is 19.5. The van der Waals surface area contributed by atoms with E-state index in [-0.39, 0.29) is 35.3 Å². The van der Waals surface area contributed by atoms with Crippen molar-refractivity contribution in [2.45, 2.75) is 201 Å². The van der Waals surface area contributed by atoms with Crippen molar-refractivity contribution < 1.29 is 29.1 Å². The van der Waals surface area contributed by atoms with E-state index in [0.29, 0.717) is 12.8 Å². The third-order valence-electron chi connectivity index (χ3n) is 16.7. The molecule has 0 saturated carbocycles. The largest absolute Gasteiger partial charge is 0.494 e. The predicted octanol–water partition coefficient (Wildman–Crippen LogP) is 15.1. The third kappa shape index (κ3) is 14.1. The maximum absolute atomic E-state index is 10.6. The lowest BCUT2D eigenvalue weighted by molar-refractivity contribution is -0.191. The van der Waals surface area contributed by atoms with Gasteiger partial charge in [-0.2, -0.15) is 9.59 Å². The van der Waals surface area contributed by atoms with E-state index in [1.165, 1.54) is 44.5 Å². The second kappa shape index (κ2) is 26.3. The van der Waals surface area contributed by atoms with Crippen LogP contribution in [0, 0.1) is 13.8 Å². The van der Waals surface area contributed by atoms with E-state index in [4.69, 9.17) is 23.9 Å². The summed E-state index contributed by atoms with van der Waals surface area (Å²) in [4.78, 5) is 21.0. The van der Waals surface area contributed by atoms with E-state index >= 15 is 0 Å². The highest BCUT2D eigenvalue weighted by molar-refractivity contribution is 6.62. The molecular weight excluding hydrogens is 902 g/mol. The average molecular weight is 990 g/mol. The number of benzene rings is 4. The van der Waals surface area contributed by atoms with Crippen LogP contribution in [0.4, 0.5) is 0 Å². The minimum absolute atomic E-state index is 0.0302. The molecule has 392 valence electrons. The molecule has 4 aromatic carbocycles. The Labute approximate surface area is 441 Å². The highest BCUT2D eigenvalue weighted by Crippen LogP contribution is 2.42. The van der Waals surface area contributed by atoms with Crippen LogP contribution in [0.5, 0.6) is 0 Å². The van der Waals surface area contributed by atoms with E-state index < -0.39 is 11.2 Å². The molecule has 6 rings (SSSR count). The zero-order chi connectivity index (χ0) is 54.3. The third-order valence-corrected chi connectivity index (χ3v) is 16.7. The molecule has 8 heteroatoms. The molecule has 2 heterocycles. The van der Waals surface area contributed by atoms with Crippen molar-refractivity contribution in [2.75, 3.05) is 0 Å². The number of aromatic nitrogens is 1. The van der Waals surface area contributed by atoms with Gasteiger partial charge in [0.1, 0.15) is 0 Å². The van der Waals surface area contributed by atoms with Crippen molar-refractivity contribution in [3.05, 3.63) is 165 Å². The molecule has 0 amide bonds. The van der Waals surface area contributed by atoms with Crippen LogP contribution in [0.15, 0.2) is 115 Å². The summed E-state index contributed by atoms with van der Waals surface area (Å²) in [5, 5.41) is 21.3. The van der Waals surface area contributed by atoms with E-state index in [9.17, 15) is 10.2 Å². The Morgan fingerprint density at radius 3 is 1.26 bits per heavy atom. The van der Waals surface area contributed by atoms with Crippen LogP contribution in [-0.4, -0.2) is 50.9 Å². The quantitative estimate of drug-likeness (QED) is 0.0748. The molecule has 5 aromatic rings. The fourth-order valence-electron chi connectivity index (χ4n) is 10.2. The normalized spacial score (nSPS) is 14.7. The highest BCUT2D eigenvalue weighted by atomic mass is 16.7. The van der Waals surface area contributed by atoms with Crippen molar-refractivity contribution in [3.8, 4) is 11.3 Å². The predicted molar refractivity (Wildman–Crippen MR) is 305 cm³/mol. The van der Waals surface area contributed by atoms with Gasteiger partial charge >= 0.3 is 13.3 Å². The number of carbonyl (C=O) groups excluding carboxylic acids is 2. The SMILES string of the molecule is CCC(O)(/C=C/c1ccc(C(CC)(CC)c2ccc(B3OC(C)(C)C(C)(C)O3)cc2)cc1C)CC.CCCc1ccc(-c2ccc(C(CC)(CC)c3ccc(/C=C/C(O)(CC)CC)c(C)c3)cc2)nc1.O=C=O. The number of aliphatic hydroxyl groups is 2. The molecule has 0 aliphatic carbocycles. The summed E-state index contributed by atoms with van der Waals surface area (Å²) in [7, 11) is -0.343. The monoisotopic (exact) mass is 990 g/mol. The Bertz CT molecular complexity index is 2570. The van der Waals surface area contributed by atoms with Gasteiger partial charge in [0.2, 0.25) is 0 Å². The van der Waals surface area contributed by atoms with E-state index in [2.05, 4.69) is 185 Å². The van der Waals surface area contributed by atoms with Gasteiger partial charge in [0, 0.05) is 22.6 Å². The van der Waals surface area contributed by atoms with Gasteiger partial charge in [-0.15, -0.1) is 0 Å². The van der Waals surface area contributed by atoms with Gasteiger partial charge in [-0.25, -0.2) is 0 Å². The minimum atomic E-state index is -0.735. The smallest absolute Gasteiger partial charge is 0.399 e. The van der Waals surface area contributed by atoms with Crippen LogP contribution in [0.2, 0.25) is 0 Å². The van der Waals surface area contributed by atoms with Crippen LogP contribution in [-0.2, 0) is 36.1 Å². The van der Waals surface area contributed by atoms with Crippen molar-refractivity contribution >= 4 is 30.9 Å². The van der Waals surface area contributed by atoms with Gasteiger partial charge in [-0.05, 0) is 161 Å². The molecule has 1 aliphatic rings. The van der Waals surface area contributed by atoms with Gasteiger partial charge < -0.3 is 19.5 Å². The summed E-state index contributed by atoms with van der Waals surface area (Å²) >= 11 is 0.